The molecule has 4 rings (SSSR count). The second kappa shape index (κ2) is 4.22. The predicted molar refractivity (Wildman–Crippen MR) is 69.2 cm³/mol. The standard InChI is InChI=1S/C14H25N3/c1-2-13-10-17(9-8-15(13)6-1)14-5-7-16(11-14)12-3-4-12/h12-14H,1-11H2. The normalized spacial score (nSPS) is 40.9. The highest BCUT2D eigenvalue weighted by Crippen LogP contribution is 2.32. The third-order valence-electron chi connectivity index (χ3n) is 5.39. The Labute approximate surface area is 105 Å². The maximum atomic E-state index is 2.81. The summed E-state index contributed by atoms with van der Waals surface area (Å²) in [6, 6.07) is 2.77. The van der Waals surface area contributed by atoms with Gasteiger partial charge in [-0.3, -0.25) is 14.7 Å². The van der Waals surface area contributed by atoms with Crippen LogP contribution in [0, 0.1) is 0 Å². The molecule has 3 saturated heterocycles. The average Bonchev–Trinajstić information content (AvgIpc) is 2.93. The van der Waals surface area contributed by atoms with Gasteiger partial charge in [-0.25, -0.2) is 0 Å². The van der Waals surface area contributed by atoms with E-state index in [1.54, 1.807) is 0 Å². The first-order valence-electron chi connectivity index (χ1n) is 7.62. The molecule has 0 spiro atoms. The van der Waals surface area contributed by atoms with Crippen molar-refractivity contribution in [2.75, 3.05) is 39.3 Å². The van der Waals surface area contributed by atoms with Crippen LogP contribution in [0.4, 0.5) is 0 Å². The molecule has 1 saturated carbocycles. The minimum absolute atomic E-state index is 0.887. The number of likely N-dealkylation sites (tertiary alicyclic amines) is 1. The summed E-state index contributed by atoms with van der Waals surface area (Å²) in [5, 5.41) is 0. The van der Waals surface area contributed by atoms with E-state index in [4.69, 9.17) is 0 Å². The Hall–Kier alpha value is -0.120. The van der Waals surface area contributed by atoms with E-state index in [9.17, 15) is 0 Å². The van der Waals surface area contributed by atoms with E-state index in [1.807, 2.05) is 0 Å². The number of nitrogens with zero attached hydrogens (tertiary/aromatic N) is 3. The second-order valence-electron chi connectivity index (χ2n) is 6.50. The molecule has 1 aliphatic carbocycles. The lowest BCUT2D eigenvalue weighted by Gasteiger charge is -2.40. The Morgan fingerprint density at radius 2 is 1.24 bits per heavy atom. The first-order chi connectivity index (χ1) is 8.40. The molecule has 3 heteroatoms. The smallest absolute Gasteiger partial charge is 0.0236 e. The largest absolute Gasteiger partial charge is 0.299 e. The van der Waals surface area contributed by atoms with Gasteiger partial charge in [-0.2, -0.15) is 0 Å². The van der Waals surface area contributed by atoms with Crippen LogP contribution < -0.4 is 0 Å². The monoisotopic (exact) mass is 235 g/mol. The summed E-state index contributed by atoms with van der Waals surface area (Å²) in [5.41, 5.74) is 0. The van der Waals surface area contributed by atoms with Crippen LogP contribution in [0.1, 0.15) is 32.1 Å². The molecule has 0 N–H and O–H groups in total. The Kier molecular flexibility index (Phi) is 2.67. The van der Waals surface area contributed by atoms with E-state index in [2.05, 4.69) is 14.7 Å². The van der Waals surface area contributed by atoms with Crippen molar-refractivity contribution in [1.29, 1.82) is 0 Å². The van der Waals surface area contributed by atoms with Gasteiger partial charge in [0.1, 0.15) is 0 Å². The summed E-state index contributed by atoms with van der Waals surface area (Å²) in [7, 11) is 0. The van der Waals surface area contributed by atoms with E-state index < -0.39 is 0 Å². The molecule has 0 bridgehead atoms. The lowest BCUT2D eigenvalue weighted by Crippen LogP contribution is -2.54. The van der Waals surface area contributed by atoms with Gasteiger partial charge in [-0.1, -0.05) is 0 Å². The van der Waals surface area contributed by atoms with Gasteiger partial charge in [-0.15, -0.1) is 0 Å². The zero-order chi connectivity index (χ0) is 11.2. The summed E-state index contributed by atoms with van der Waals surface area (Å²) in [6.45, 7) is 8.16. The summed E-state index contributed by atoms with van der Waals surface area (Å²) >= 11 is 0. The van der Waals surface area contributed by atoms with Gasteiger partial charge in [0.05, 0.1) is 0 Å². The quantitative estimate of drug-likeness (QED) is 0.707. The zero-order valence-corrected chi connectivity index (χ0v) is 10.9. The molecular weight excluding hydrogens is 210 g/mol. The molecule has 3 heterocycles. The lowest BCUT2D eigenvalue weighted by atomic mass is 10.1. The number of piperazine rings is 1. The van der Waals surface area contributed by atoms with Crippen molar-refractivity contribution in [2.45, 2.75) is 50.2 Å². The van der Waals surface area contributed by atoms with Crippen LogP contribution in [0.3, 0.4) is 0 Å². The summed E-state index contributed by atoms with van der Waals surface area (Å²) in [5.74, 6) is 0. The maximum absolute atomic E-state index is 2.81. The van der Waals surface area contributed by atoms with E-state index >= 15 is 0 Å². The van der Waals surface area contributed by atoms with Gasteiger partial charge in [0.2, 0.25) is 0 Å². The van der Waals surface area contributed by atoms with Gasteiger partial charge in [-0.05, 0) is 38.6 Å². The number of rotatable bonds is 2. The SMILES string of the molecule is C1CC2CN(C3CCN(C4CC4)C3)CCN2C1. The van der Waals surface area contributed by atoms with E-state index in [-0.39, 0.29) is 0 Å². The van der Waals surface area contributed by atoms with Crippen molar-refractivity contribution in [3.63, 3.8) is 0 Å². The molecule has 4 fully saturated rings. The molecule has 0 radical (unpaired) electrons. The number of fused-ring (bicyclic) bond motifs is 1. The Balaban J connectivity index is 1.36. The van der Waals surface area contributed by atoms with Crippen molar-refractivity contribution in [2.24, 2.45) is 0 Å². The summed E-state index contributed by atoms with van der Waals surface area (Å²) < 4.78 is 0. The highest BCUT2D eigenvalue weighted by Gasteiger charge is 2.39. The molecule has 4 aliphatic rings. The Morgan fingerprint density at radius 1 is 0.529 bits per heavy atom. The van der Waals surface area contributed by atoms with Gasteiger partial charge in [0.15, 0.2) is 0 Å². The van der Waals surface area contributed by atoms with Gasteiger partial charge >= 0.3 is 0 Å². The minimum Gasteiger partial charge on any atom is -0.299 e. The van der Waals surface area contributed by atoms with Crippen LogP contribution in [-0.4, -0.2) is 72.1 Å². The van der Waals surface area contributed by atoms with Gasteiger partial charge in [0, 0.05) is 50.8 Å². The Morgan fingerprint density at radius 3 is 2.06 bits per heavy atom. The molecule has 3 aliphatic heterocycles. The predicted octanol–water partition coefficient (Wildman–Crippen LogP) is 1.00. The maximum Gasteiger partial charge on any atom is 0.0236 e. The van der Waals surface area contributed by atoms with E-state index in [1.165, 1.54) is 71.4 Å². The van der Waals surface area contributed by atoms with Crippen molar-refractivity contribution in [3.05, 3.63) is 0 Å². The molecule has 3 nitrogen and oxygen atoms in total. The fraction of sp³-hybridized carbons (Fsp3) is 1.00. The van der Waals surface area contributed by atoms with Gasteiger partial charge in [0.25, 0.3) is 0 Å². The van der Waals surface area contributed by atoms with Crippen LogP contribution in [0.25, 0.3) is 0 Å². The van der Waals surface area contributed by atoms with Crippen molar-refractivity contribution >= 4 is 0 Å². The van der Waals surface area contributed by atoms with Crippen LogP contribution in [0.5, 0.6) is 0 Å². The highest BCUT2D eigenvalue weighted by molar-refractivity contribution is 4.96. The number of hydrogen-bond donors (Lipinski definition) is 0. The van der Waals surface area contributed by atoms with Crippen LogP contribution in [0.15, 0.2) is 0 Å². The summed E-state index contributed by atoms with van der Waals surface area (Å²) in [6.07, 6.45) is 7.28. The van der Waals surface area contributed by atoms with Crippen molar-refractivity contribution in [1.82, 2.24) is 14.7 Å². The Bertz CT molecular complexity index is 289. The first kappa shape index (κ1) is 10.8. The molecule has 0 aromatic carbocycles. The van der Waals surface area contributed by atoms with E-state index in [0.29, 0.717) is 0 Å². The summed E-state index contributed by atoms with van der Waals surface area (Å²) in [4.78, 5) is 8.30. The van der Waals surface area contributed by atoms with Crippen molar-refractivity contribution < 1.29 is 0 Å². The van der Waals surface area contributed by atoms with Crippen LogP contribution in [-0.2, 0) is 0 Å². The molecule has 0 aromatic rings. The molecule has 2 unspecified atom stereocenters. The highest BCUT2D eigenvalue weighted by atomic mass is 15.3. The molecular formula is C14H25N3. The molecule has 0 amide bonds. The van der Waals surface area contributed by atoms with Gasteiger partial charge < -0.3 is 0 Å². The number of hydrogen-bond acceptors (Lipinski definition) is 3. The third kappa shape index (κ3) is 2.02. The molecule has 96 valence electrons. The average molecular weight is 235 g/mol. The molecule has 17 heavy (non-hydrogen) atoms. The zero-order valence-electron chi connectivity index (χ0n) is 10.9. The fourth-order valence-electron chi connectivity index (χ4n) is 4.18. The fourth-order valence-corrected chi connectivity index (χ4v) is 4.18. The first-order valence-corrected chi connectivity index (χ1v) is 7.62. The molecule has 0 aromatic heterocycles. The van der Waals surface area contributed by atoms with Crippen LogP contribution >= 0.6 is 0 Å². The van der Waals surface area contributed by atoms with E-state index in [0.717, 1.165) is 18.1 Å². The molecule has 2 atom stereocenters. The van der Waals surface area contributed by atoms with Crippen LogP contribution in [0.2, 0.25) is 0 Å². The van der Waals surface area contributed by atoms with Crippen molar-refractivity contribution in [3.8, 4) is 0 Å². The topological polar surface area (TPSA) is 9.72 Å². The lowest BCUT2D eigenvalue weighted by molar-refractivity contribution is 0.0733. The second-order valence-corrected chi connectivity index (χ2v) is 6.50. The third-order valence-corrected chi connectivity index (χ3v) is 5.39. The minimum atomic E-state index is 0.887.